The predicted octanol–water partition coefficient (Wildman–Crippen LogP) is 1.87. The second-order valence-electron chi connectivity index (χ2n) is 4.98. The van der Waals surface area contributed by atoms with Gasteiger partial charge >= 0.3 is 0 Å². The lowest BCUT2D eigenvalue weighted by molar-refractivity contribution is -0.179. The second-order valence-corrected chi connectivity index (χ2v) is 7.29. The van der Waals surface area contributed by atoms with Crippen molar-refractivity contribution in [3.8, 4) is 0 Å². The van der Waals surface area contributed by atoms with E-state index in [0.29, 0.717) is 26.2 Å². The maximum absolute atomic E-state index is 12.7. The minimum absolute atomic E-state index is 0.136. The lowest BCUT2D eigenvalue weighted by atomic mass is 10.1. The van der Waals surface area contributed by atoms with Crippen LogP contribution in [0, 0.1) is 0 Å². The number of ether oxygens (including phenoxy) is 2. The Morgan fingerprint density at radius 3 is 2.60 bits per heavy atom. The summed E-state index contributed by atoms with van der Waals surface area (Å²) in [6.07, 6.45) is 1.44. The van der Waals surface area contributed by atoms with Gasteiger partial charge in [0.25, 0.3) is 0 Å². The van der Waals surface area contributed by atoms with E-state index in [1.54, 1.807) is 18.2 Å². The standard InChI is InChI=1S/C13H16ClNO4S/c14-11-4-1-2-5-12(11)20(16,17)15-7-3-6-13(10-15)18-8-9-19-13/h1-2,4-5H,3,6-10H2. The average Bonchev–Trinajstić information content (AvgIpc) is 2.87. The fourth-order valence-electron chi connectivity index (χ4n) is 2.68. The molecule has 110 valence electrons. The van der Waals surface area contributed by atoms with Crippen LogP contribution in [-0.4, -0.2) is 44.8 Å². The first-order valence-electron chi connectivity index (χ1n) is 6.56. The van der Waals surface area contributed by atoms with Gasteiger partial charge in [-0.1, -0.05) is 23.7 Å². The van der Waals surface area contributed by atoms with Gasteiger partial charge in [0, 0.05) is 13.0 Å². The number of rotatable bonds is 2. The van der Waals surface area contributed by atoms with E-state index in [2.05, 4.69) is 0 Å². The van der Waals surface area contributed by atoms with Gasteiger partial charge < -0.3 is 9.47 Å². The zero-order valence-corrected chi connectivity index (χ0v) is 12.5. The molecule has 0 aromatic heterocycles. The number of hydrogen-bond donors (Lipinski definition) is 0. The lowest BCUT2D eigenvalue weighted by Crippen LogP contribution is -2.50. The van der Waals surface area contributed by atoms with E-state index in [1.165, 1.54) is 10.4 Å². The predicted molar refractivity (Wildman–Crippen MR) is 74.1 cm³/mol. The number of sulfonamides is 1. The molecular formula is C13H16ClNO4S. The Bertz CT molecular complexity index is 598. The van der Waals surface area contributed by atoms with Crippen molar-refractivity contribution in [2.24, 2.45) is 0 Å². The fraction of sp³-hybridized carbons (Fsp3) is 0.538. The molecule has 2 fully saturated rings. The van der Waals surface area contributed by atoms with E-state index in [0.717, 1.165) is 6.42 Å². The van der Waals surface area contributed by atoms with Crippen LogP contribution in [0.25, 0.3) is 0 Å². The zero-order valence-electron chi connectivity index (χ0n) is 10.9. The van der Waals surface area contributed by atoms with Gasteiger partial charge in [-0.3, -0.25) is 0 Å². The van der Waals surface area contributed by atoms with E-state index in [-0.39, 0.29) is 16.5 Å². The number of piperidine rings is 1. The monoisotopic (exact) mass is 317 g/mol. The maximum Gasteiger partial charge on any atom is 0.244 e. The normalized spacial score (nSPS) is 23.2. The molecule has 5 nitrogen and oxygen atoms in total. The van der Waals surface area contributed by atoms with Crippen molar-refractivity contribution in [1.82, 2.24) is 4.31 Å². The van der Waals surface area contributed by atoms with Crippen molar-refractivity contribution in [3.05, 3.63) is 29.3 Å². The van der Waals surface area contributed by atoms with Crippen molar-refractivity contribution >= 4 is 21.6 Å². The van der Waals surface area contributed by atoms with Crippen molar-refractivity contribution in [1.29, 1.82) is 0 Å². The Morgan fingerprint density at radius 2 is 1.90 bits per heavy atom. The van der Waals surface area contributed by atoms with Crippen LogP contribution in [-0.2, 0) is 19.5 Å². The number of benzene rings is 1. The summed E-state index contributed by atoms with van der Waals surface area (Å²) in [6, 6.07) is 6.48. The molecule has 2 aliphatic heterocycles. The van der Waals surface area contributed by atoms with Crippen LogP contribution in [0.5, 0.6) is 0 Å². The molecule has 2 heterocycles. The minimum atomic E-state index is -3.61. The highest BCUT2D eigenvalue weighted by Gasteiger charge is 2.44. The summed E-state index contributed by atoms with van der Waals surface area (Å²) in [7, 11) is -3.61. The third-order valence-corrected chi connectivity index (χ3v) is 6.00. The van der Waals surface area contributed by atoms with Crippen molar-refractivity contribution in [2.45, 2.75) is 23.5 Å². The van der Waals surface area contributed by atoms with E-state index in [4.69, 9.17) is 21.1 Å². The van der Waals surface area contributed by atoms with Gasteiger partial charge in [0.1, 0.15) is 4.90 Å². The number of hydrogen-bond acceptors (Lipinski definition) is 4. The van der Waals surface area contributed by atoms with E-state index < -0.39 is 15.8 Å². The first-order chi connectivity index (χ1) is 9.54. The summed E-state index contributed by atoms with van der Waals surface area (Å²) in [4.78, 5) is 0.136. The third-order valence-electron chi connectivity index (χ3n) is 3.65. The smallest absolute Gasteiger partial charge is 0.244 e. The molecule has 3 rings (SSSR count). The summed E-state index contributed by atoms with van der Waals surface area (Å²) in [5.41, 5.74) is 0. The Hall–Kier alpha value is -0.660. The number of halogens is 1. The van der Waals surface area contributed by atoms with Crippen LogP contribution in [0.15, 0.2) is 29.2 Å². The van der Waals surface area contributed by atoms with Crippen molar-refractivity contribution in [2.75, 3.05) is 26.3 Å². The van der Waals surface area contributed by atoms with Gasteiger partial charge in [0.2, 0.25) is 10.0 Å². The second kappa shape index (κ2) is 5.27. The molecule has 0 N–H and O–H groups in total. The van der Waals surface area contributed by atoms with Gasteiger partial charge in [0.15, 0.2) is 5.79 Å². The lowest BCUT2D eigenvalue weighted by Gasteiger charge is -2.37. The first-order valence-corrected chi connectivity index (χ1v) is 8.38. The SMILES string of the molecule is O=S(=O)(c1ccccc1Cl)N1CCCC2(C1)OCCO2. The molecule has 1 spiro atoms. The van der Waals surface area contributed by atoms with Gasteiger partial charge in [-0.05, 0) is 18.6 Å². The van der Waals surface area contributed by atoms with Crippen LogP contribution < -0.4 is 0 Å². The summed E-state index contributed by atoms with van der Waals surface area (Å²) in [5.74, 6) is -0.771. The van der Waals surface area contributed by atoms with Gasteiger partial charge in [-0.25, -0.2) is 8.42 Å². The Labute approximate surface area is 123 Å². The third kappa shape index (κ3) is 2.46. The summed E-state index contributed by atoms with van der Waals surface area (Å²) < 4.78 is 38.0. The molecule has 0 saturated carbocycles. The highest BCUT2D eigenvalue weighted by Crippen LogP contribution is 2.34. The van der Waals surface area contributed by atoms with Crippen molar-refractivity contribution in [3.63, 3.8) is 0 Å². The van der Waals surface area contributed by atoms with E-state index >= 15 is 0 Å². The molecule has 20 heavy (non-hydrogen) atoms. The molecule has 0 aliphatic carbocycles. The van der Waals surface area contributed by atoms with Crippen LogP contribution in [0.4, 0.5) is 0 Å². The van der Waals surface area contributed by atoms with Gasteiger partial charge in [0.05, 0.1) is 24.8 Å². The number of nitrogens with zero attached hydrogens (tertiary/aromatic N) is 1. The minimum Gasteiger partial charge on any atom is -0.346 e. The van der Waals surface area contributed by atoms with Crippen LogP contribution in [0.1, 0.15) is 12.8 Å². The highest BCUT2D eigenvalue weighted by atomic mass is 35.5. The topological polar surface area (TPSA) is 55.8 Å². The molecule has 0 radical (unpaired) electrons. The summed E-state index contributed by atoms with van der Waals surface area (Å²) in [5, 5.41) is 0.236. The molecule has 2 aliphatic rings. The average molecular weight is 318 g/mol. The van der Waals surface area contributed by atoms with E-state index in [1.807, 2.05) is 0 Å². The van der Waals surface area contributed by atoms with Gasteiger partial charge in [-0.2, -0.15) is 4.31 Å². The molecule has 1 aromatic carbocycles. The fourth-order valence-corrected chi connectivity index (χ4v) is 4.69. The highest BCUT2D eigenvalue weighted by molar-refractivity contribution is 7.89. The van der Waals surface area contributed by atoms with Crippen LogP contribution in [0.3, 0.4) is 0 Å². The van der Waals surface area contributed by atoms with Gasteiger partial charge in [-0.15, -0.1) is 0 Å². The largest absolute Gasteiger partial charge is 0.346 e. The molecule has 0 unspecified atom stereocenters. The molecule has 0 bridgehead atoms. The van der Waals surface area contributed by atoms with Crippen molar-refractivity contribution < 1.29 is 17.9 Å². The molecule has 0 amide bonds. The molecular weight excluding hydrogens is 302 g/mol. The Balaban J connectivity index is 1.90. The maximum atomic E-state index is 12.7. The molecule has 7 heteroatoms. The zero-order chi connectivity index (χ0) is 14.2. The summed E-state index contributed by atoms with van der Waals surface area (Å²) >= 11 is 6.01. The van der Waals surface area contributed by atoms with Crippen LogP contribution in [0.2, 0.25) is 5.02 Å². The molecule has 1 aromatic rings. The Kier molecular flexibility index (Phi) is 3.77. The quantitative estimate of drug-likeness (QED) is 0.835. The first kappa shape index (κ1) is 14.3. The Morgan fingerprint density at radius 1 is 1.20 bits per heavy atom. The summed E-state index contributed by atoms with van der Waals surface area (Å²) in [6.45, 7) is 1.71. The molecule has 2 saturated heterocycles. The van der Waals surface area contributed by atoms with E-state index in [9.17, 15) is 8.42 Å². The van der Waals surface area contributed by atoms with Crippen LogP contribution >= 0.6 is 11.6 Å². The molecule has 0 atom stereocenters.